The Kier molecular flexibility index (Phi) is 3.59. The summed E-state index contributed by atoms with van der Waals surface area (Å²) < 4.78 is 0. The van der Waals surface area contributed by atoms with Crippen molar-refractivity contribution >= 4 is 23.6 Å². The van der Waals surface area contributed by atoms with E-state index in [1.165, 1.54) is 12.2 Å². The summed E-state index contributed by atoms with van der Waals surface area (Å²) >= 11 is 0. The first-order chi connectivity index (χ1) is 9.01. The second-order valence-electron chi connectivity index (χ2n) is 4.55. The lowest BCUT2D eigenvalue weighted by Crippen LogP contribution is -2.24. The molecule has 100 valence electrons. The van der Waals surface area contributed by atoms with E-state index in [9.17, 15) is 19.2 Å². The van der Waals surface area contributed by atoms with Gasteiger partial charge in [0.05, 0.1) is 0 Å². The zero-order valence-corrected chi connectivity index (χ0v) is 10.5. The van der Waals surface area contributed by atoms with Crippen molar-refractivity contribution in [3.05, 3.63) is 23.3 Å². The van der Waals surface area contributed by atoms with Crippen LogP contribution in [0, 0.1) is 5.92 Å². The predicted octanol–water partition coefficient (Wildman–Crippen LogP) is -0.0416. The topological polar surface area (TPSA) is 92.3 Å². The summed E-state index contributed by atoms with van der Waals surface area (Å²) in [5.41, 5.74) is 0.881. The first kappa shape index (κ1) is 13.2. The third-order valence-electron chi connectivity index (χ3n) is 3.31. The first-order valence-electron chi connectivity index (χ1n) is 6.14. The minimum absolute atomic E-state index is 0.0872. The molecule has 2 rings (SSSR count). The van der Waals surface area contributed by atoms with Gasteiger partial charge in [-0.3, -0.25) is 29.8 Å². The molecule has 2 heterocycles. The Labute approximate surface area is 109 Å². The van der Waals surface area contributed by atoms with Crippen LogP contribution in [0.25, 0.3) is 0 Å². The third kappa shape index (κ3) is 2.78. The average molecular weight is 262 g/mol. The molecule has 6 heteroatoms. The molecule has 0 radical (unpaired) electrons. The summed E-state index contributed by atoms with van der Waals surface area (Å²) in [7, 11) is 0. The van der Waals surface area contributed by atoms with Crippen molar-refractivity contribution in [2.45, 2.75) is 26.2 Å². The van der Waals surface area contributed by atoms with Gasteiger partial charge in [0.2, 0.25) is 0 Å². The molecule has 0 bridgehead atoms. The maximum absolute atomic E-state index is 11.5. The van der Waals surface area contributed by atoms with Gasteiger partial charge in [-0.05, 0) is 25.2 Å². The van der Waals surface area contributed by atoms with E-state index in [0.717, 1.165) is 0 Å². The predicted molar refractivity (Wildman–Crippen MR) is 65.5 cm³/mol. The lowest BCUT2D eigenvalue weighted by molar-refractivity contribution is -0.125. The molecule has 0 aromatic heterocycles. The van der Waals surface area contributed by atoms with Gasteiger partial charge in [-0.2, -0.15) is 0 Å². The molecule has 0 fully saturated rings. The van der Waals surface area contributed by atoms with Gasteiger partial charge in [0.1, 0.15) is 0 Å². The number of hydrogen-bond donors (Lipinski definition) is 2. The molecule has 0 aliphatic carbocycles. The van der Waals surface area contributed by atoms with E-state index in [4.69, 9.17) is 0 Å². The molecule has 0 aromatic carbocycles. The highest BCUT2D eigenvalue weighted by atomic mass is 16.2. The molecule has 0 spiro atoms. The Bertz CT molecular complexity index is 531. The largest absolute Gasteiger partial charge is 0.289 e. The Balaban J connectivity index is 2.01. The minimum Gasteiger partial charge on any atom is -0.289 e. The van der Waals surface area contributed by atoms with Gasteiger partial charge in [-0.15, -0.1) is 0 Å². The Morgan fingerprint density at radius 2 is 1.63 bits per heavy atom. The van der Waals surface area contributed by atoms with Crippen molar-refractivity contribution in [1.29, 1.82) is 0 Å². The van der Waals surface area contributed by atoms with Crippen molar-refractivity contribution in [2.75, 3.05) is 0 Å². The van der Waals surface area contributed by atoms with Crippen molar-refractivity contribution < 1.29 is 19.2 Å². The number of nitrogens with one attached hydrogen (secondary N) is 2. The summed E-state index contributed by atoms with van der Waals surface area (Å²) in [5, 5.41) is 4.38. The van der Waals surface area contributed by atoms with Crippen LogP contribution in [-0.2, 0) is 19.2 Å². The smallest absolute Gasteiger partial charge is 0.254 e. The molecule has 4 amide bonds. The van der Waals surface area contributed by atoms with Crippen LogP contribution < -0.4 is 10.6 Å². The van der Waals surface area contributed by atoms with Gasteiger partial charge in [-0.25, -0.2) is 0 Å². The molecule has 19 heavy (non-hydrogen) atoms. The van der Waals surface area contributed by atoms with Crippen LogP contribution in [0.3, 0.4) is 0 Å². The summed E-state index contributed by atoms with van der Waals surface area (Å²) in [4.78, 5) is 45.0. The van der Waals surface area contributed by atoms with E-state index in [1.54, 1.807) is 0 Å². The zero-order chi connectivity index (χ0) is 14.0. The highest BCUT2D eigenvalue weighted by molar-refractivity contribution is 6.17. The normalized spacial score (nSPS) is 20.1. The van der Waals surface area contributed by atoms with Gasteiger partial charge < -0.3 is 0 Å². The number of hydrogen-bond acceptors (Lipinski definition) is 4. The Hall–Kier alpha value is -2.24. The van der Waals surface area contributed by atoms with E-state index >= 15 is 0 Å². The second kappa shape index (κ2) is 5.17. The molecule has 0 saturated carbocycles. The van der Waals surface area contributed by atoms with Crippen molar-refractivity contribution in [3.8, 4) is 0 Å². The zero-order valence-electron chi connectivity index (χ0n) is 10.5. The van der Waals surface area contributed by atoms with Gasteiger partial charge >= 0.3 is 0 Å². The highest BCUT2D eigenvalue weighted by Crippen LogP contribution is 2.26. The first-order valence-corrected chi connectivity index (χ1v) is 6.14. The van der Waals surface area contributed by atoms with Gasteiger partial charge in [-0.1, -0.05) is 6.92 Å². The molecule has 2 aliphatic rings. The van der Waals surface area contributed by atoms with E-state index in [-0.39, 0.29) is 17.7 Å². The molecule has 2 N–H and O–H groups in total. The number of amides is 4. The molecule has 1 atom stereocenters. The minimum atomic E-state index is -0.402. The second-order valence-corrected chi connectivity index (χ2v) is 4.55. The number of carbonyl (C=O) groups is 4. The Morgan fingerprint density at radius 1 is 1.00 bits per heavy atom. The molecular formula is C13H14N2O4. The monoisotopic (exact) mass is 262 g/mol. The van der Waals surface area contributed by atoms with Crippen LogP contribution >= 0.6 is 0 Å². The summed E-state index contributed by atoms with van der Waals surface area (Å²) in [6.45, 7) is 1.91. The van der Waals surface area contributed by atoms with E-state index in [0.29, 0.717) is 30.4 Å². The van der Waals surface area contributed by atoms with Crippen LogP contribution in [0.1, 0.15) is 26.2 Å². The molecule has 1 unspecified atom stereocenters. The van der Waals surface area contributed by atoms with Gasteiger partial charge in [0, 0.05) is 23.3 Å². The van der Waals surface area contributed by atoms with Crippen LogP contribution in [0.4, 0.5) is 0 Å². The number of carbonyl (C=O) groups excluding carboxylic acids is 4. The van der Waals surface area contributed by atoms with Crippen molar-refractivity contribution in [3.63, 3.8) is 0 Å². The summed E-state index contributed by atoms with van der Waals surface area (Å²) in [6, 6.07) is 0. The molecule has 6 nitrogen and oxygen atoms in total. The summed E-state index contributed by atoms with van der Waals surface area (Å²) in [6.07, 6.45) is 4.24. The summed E-state index contributed by atoms with van der Waals surface area (Å²) in [5.74, 6) is -1.62. The molecule has 0 aromatic rings. The van der Waals surface area contributed by atoms with Crippen molar-refractivity contribution in [1.82, 2.24) is 10.6 Å². The fourth-order valence-corrected chi connectivity index (χ4v) is 2.28. The van der Waals surface area contributed by atoms with Crippen LogP contribution in [-0.4, -0.2) is 23.6 Å². The third-order valence-corrected chi connectivity index (χ3v) is 3.31. The number of rotatable bonds is 5. The van der Waals surface area contributed by atoms with Crippen molar-refractivity contribution in [2.24, 2.45) is 5.92 Å². The standard InChI is InChI=1S/C13H14N2O4/c1-2-7(9-6-11(17)15-13(9)19)3-4-8-5-10(16)14-12(8)18/h5-7H,2-4H2,1H3,(H,14,16,18)(H,15,17,19). The quantitative estimate of drug-likeness (QED) is 0.680. The average Bonchev–Trinajstić information content (AvgIpc) is 2.83. The lowest BCUT2D eigenvalue weighted by atomic mass is 9.90. The fraction of sp³-hybridized carbons (Fsp3) is 0.385. The SMILES string of the molecule is CCC(CCC1=CC(=O)NC1=O)C1=CC(=O)NC1=O. The molecule has 0 saturated heterocycles. The van der Waals surface area contributed by atoms with Crippen LogP contribution in [0.5, 0.6) is 0 Å². The Morgan fingerprint density at radius 3 is 2.11 bits per heavy atom. The maximum Gasteiger partial charge on any atom is 0.254 e. The van der Waals surface area contributed by atoms with Crippen LogP contribution in [0.15, 0.2) is 23.3 Å². The van der Waals surface area contributed by atoms with E-state index in [2.05, 4.69) is 10.6 Å². The molecular weight excluding hydrogens is 248 g/mol. The molecule has 2 aliphatic heterocycles. The van der Waals surface area contributed by atoms with Gasteiger partial charge in [0.25, 0.3) is 23.6 Å². The van der Waals surface area contributed by atoms with Gasteiger partial charge in [0.15, 0.2) is 0 Å². The van der Waals surface area contributed by atoms with E-state index < -0.39 is 11.8 Å². The maximum atomic E-state index is 11.5. The van der Waals surface area contributed by atoms with Crippen LogP contribution in [0.2, 0.25) is 0 Å². The number of imide groups is 2. The lowest BCUT2D eigenvalue weighted by Gasteiger charge is -2.14. The highest BCUT2D eigenvalue weighted by Gasteiger charge is 2.28. The fourth-order valence-electron chi connectivity index (χ4n) is 2.28. The van der Waals surface area contributed by atoms with E-state index in [1.807, 2.05) is 6.92 Å².